The quantitative estimate of drug-likeness (QED) is 0.0436. The lowest BCUT2D eigenvalue weighted by atomic mass is 9.87. The number of allylic oxidation sites excluding steroid dienone is 6. The van der Waals surface area contributed by atoms with Gasteiger partial charge in [-0.1, -0.05) is 102 Å². The third kappa shape index (κ3) is 30.5. The van der Waals surface area contributed by atoms with E-state index in [0.717, 1.165) is 70.8 Å². The fraction of sp³-hybridized carbons (Fsp3) is 0.825. The van der Waals surface area contributed by atoms with Gasteiger partial charge in [0.1, 0.15) is 6.10 Å². The van der Waals surface area contributed by atoms with Gasteiger partial charge in [-0.3, -0.25) is 4.79 Å². The maximum Gasteiger partial charge on any atom is 0.306 e. The van der Waals surface area contributed by atoms with Gasteiger partial charge in [0.25, 0.3) is 0 Å². The van der Waals surface area contributed by atoms with E-state index >= 15 is 0 Å². The Bertz CT molecular complexity index is 639. The van der Waals surface area contributed by atoms with Crippen LogP contribution >= 0.6 is 0 Å². The van der Waals surface area contributed by atoms with Gasteiger partial charge < -0.3 is 9.64 Å². The molecule has 0 amide bonds. The van der Waals surface area contributed by atoms with Gasteiger partial charge in [0.15, 0.2) is 0 Å². The minimum atomic E-state index is 0.0293. The number of nitrogens with zero attached hydrogens (tertiary/aromatic N) is 1. The summed E-state index contributed by atoms with van der Waals surface area (Å²) >= 11 is 0. The number of unbranched alkanes of at least 4 members (excludes halogenated alkanes) is 14. The standard InChI is InChI=1S/C40H75NO2/c1-6-9-12-15-18-21-24-28-33-38(34-29-25-22-19-16-13-10-7-2)39(35-30-26-23-20-17-14-11-8-3)43-40(42)36-31-27-32-37-41(4)5/h18-23,38-39H,6-17,24-37H2,1-5H3/b21-18-,22-19?,23-20?. The van der Waals surface area contributed by atoms with Crippen molar-refractivity contribution in [2.75, 3.05) is 20.6 Å². The van der Waals surface area contributed by atoms with Crippen LogP contribution in [0, 0.1) is 5.92 Å². The molecular formula is C40H75NO2. The first kappa shape index (κ1) is 41.7. The summed E-state index contributed by atoms with van der Waals surface area (Å²) in [6, 6.07) is 0. The van der Waals surface area contributed by atoms with Crippen molar-refractivity contribution in [1.82, 2.24) is 4.90 Å². The van der Waals surface area contributed by atoms with E-state index in [1.165, 1.54) is 89.9 Å². The molecule has 0 spiro atoms. The molecule has 0 aromatic rings. The van der Waals surface area contributed by atoms with Crippen molar-refractivity contribution in [3.05, 3.63) is 36.5 Å². The lowest BCUT2D eigenvalue weighted by Crippen LogP contribution is -2.27. The third-order valence-electron chi connectivity index (χ3n) is 8.47. The van der Waals surface area contributed by atoms with Crippen molar-refractivity contribution in [2.45, 2.75) is 187 Å². The van der Waals surface area contributed by atoms with Gasteiger partial charge >= 0.3 is 5.97 Å². The molecule has 0 aliphatic heterocycles. The smallest absolute Gasteiger partial charge is 0.306 e. The highest BCUT2D eigenvalue weighted by Gasteiger charge is 2.24. The monoisotopic (exact) mass is 602 g/mol. The Morgan fingerprint density at radius 2 is 0.953 bits per heavy atom. The molecule has 0 aliphatic carbocycles. The third-order valence-corrected chi connectivity index (χ3v) is 8.47. The SMILES string of the molecule is CCCCCC=CCCCC(CCC/C=C\CCCCC)C(CCCC=CCCCCC)OC(=O)CCCCCN(C)C. The molecule has 0 radical (unpaired) electrons. The summed E-state index contributed by atoms with van der Waals surface area (Å²) in [4.78, 5) is 15.2. The Balaban J connectivity index is 5.14. The zero-order chi connectivity index (χ0) is 31.6. The summed E-state index contributed by atoms with van der Waals surface area (Å²) in [6.45, 7) is 7.89. The molecule has 0 heterocycles. The number of rotatable bonds is 32. The van der Waals surface area contributed by atoms with Crippen LogP contribution in [0.2, 0.25) is 0 Å². The summed E-state index contributed by atoms with van der Waals surface area (Å²) in [5, 5.41) is 0. The molecule has 0 rings (SSSR count). The molecular weight excluding hydrogens is 526 g/mol. The van der Waals surface area contributed by atoms with Crippen LogP contribution in [0.1, 0.15) is 181 Å². The lowest BCUT2D eigenvalue weighted by molar-refractivity contribution is -0.153. The molecule has 0 aromatic carbocycles. The highest BCUT2D eigenvalue weighted by molar-refractivity contribution is 5.69. The summed E-state index contributed by atoms with van der Waals surface area (Å²) in [5.41, 5.74) is 0. The predicted octanol–water partition coefficient (Wildman–Crippen LogP) is 12.6. The average molecular weight is 602 g/mol. The van der Waals surface area contributed by atoms with Gasteiger partial charge in [-0.25, -0.2) is 0 Å². The van der Waals surface area contributed by atoms with E-state index in [1.54, 1.807) is 0 Å². The Labute approximate surface area is 270 Å². The molecule has 0 aromatic heterocycles. The molecule has 2 unspecified atom stereocenters. The molecule has 43 heavy (non-hydrogen) atoms. The summed E-state index contributed by atoms with van der Waals surface area (Å²) in [6.07, 6.45) is 43.6. The molecule has 0 N–H and O–H groups in total. The topological polar surface area (TPSA) is 29.5 Å². The molecule has 3 heteroatoms. The van der Waals surface area contributed by atoms with Gasteiger partial charge in [0.05, 0.1) is 0 Å². The minimum Gasteiger partial charge on any atom is -0.462 e. The molecule has 0 bridgehead atoms. The van der Waals surface area contributed by atoms with Crippen molar-refractivity contribution in [2.24, 2.45) is 5.92 Å². The maximum absolute atomic E-state index is 13.0. The largest absolute Gasteiger partial charge is 0.462 e. The van der Waals surface area contributed by atoms with E-state index in [2.05, 4.69) is 76.2 Å². The number of ether oxygens (including phenoxy) is 1. The second-order valence-corrected chi connectivity index (χ2v) is 13.1. The number of esters is 1. The highest BCUT2D eigenvalue weighted by Crippen LogP contribution is 2.27. The number of hydrogen-bond acceptors (Lipinski definition) is 3. The van der Waals surface area contributed by atoms with Crippen molar-refractivity contribution in [1.29, 1.82) is 0 Å². The van der Waals surface area contributed by atoms with E-state index < -0.39 is 0 Å². The number of hydrogen-bond donors (Lipinski definition) is 0. The Morgan fingerprint density at radius 3 is 1.37 bits per heavy atom. The van der Waals surface area contributed by atoms with Gasteiger partial charge in [0.2, 0.25) is 0 Å². The van der Waals surface area contributed by atoms with Crippen LogP contribution in [0.5, 0.6) is 0 Å². The van der Waals surface area contributed by atoms with Crippen LogP contribution in [-0.4, -0.2) is 37.6 Å². The normalized spacial score (nSPS) is 13.6. The number of carbonyl (C=O) groups is 1. The summed E-state index contributed by atoms with van der Waals surface area (Å²) in [7, 11) is 4.23. The van der Waals surface area contributed by atoms with Crippen LogP contribution < -0.4 is 0 Å². The van der Waals surface area contributed by atoms with Crippen molar-refractivity contribution in [3.63, 3.8) is 0 Å². The molecule has 0 saturated heterocycles. The van der Waals surface area contributed by atoms with Crippen LogP contribution in [0.15, 0.2) is 36.5 Å². The maximum atomic E-state index is 13.0. The van der Waals surface area contributed by atoms with E-state index in [1.807, 2.05) is 0 Å². The first-order valence-electron chi connectivity index (χ1n) is 18.8. The van der Waals surface area contributed by atoms with Crippen LogP contribution in [0.4, 0.5) is 0 Å². The molecule has 3 nitrogen and oxygen atoms in total. The lowest BCUT2D eigenvalue weighted by Gasteiger charge is -2.27. The van der Waals surface area contributed by atoms with Crippen LogP contribution in [0.25, 0.3) is 0 Å². The zero-order valence-electron chi connectivity index (χ0n) is 29.8. The van der Waals surface area contributed by atoms with E-state index in [4.69, 9.17) is 4.74 Å². The van der Waals surface area contributed by atoms with Crippen molar-refractivity contribution in [3.8, 4) is 0 Å². The van der Waals surface area contributed by atoms with Gasteiger partial charge in [-0.15, -0.1) is 0 Å². The van der Waals surface area contributed by atoms with Crippen LogP contribution in [0.3, 0.4) is 0 Å². The first-order valence-corrected chi connectivity index (χ1v) is 18.8. The Kier molecular flexibility index (Phi) is 32.5. The van der Waals surface area contributed by atoms with E-state index in [9.17, 15) is 4.79 Å². The van der Waals surface area contributed by atoms with Gasteiger partial charge in [-0.05, 0) is 136 Å². The van der Waals surface area contributed by atoms with Gasteiger partial charge in [-0.2, -0.15) is 0 Å². The highest BCUT2D eigenvalue weighted by atomic mass is 16.5. The summed E-state index contributed by atoms with van der Waals surface area (Å²) < 4.78 is 6.34. The van der Waals surface area contributed by atoms with Gasteiger partial charge in [0, 0.05) is 6.42 Å². The molecule has 0 fully saturated rings. The molecule has 252 valence electrons. The second kappa shape index (κ2) is 33.5. The fourth-order valence-electron chi connectivity index (χ4n) is 5.69. The zero-order valence-corrected chi connectivity index (χ0v) is 29.8. The second-order valence-electron chi connectivity index (χ2n) is 13.1. The fourth-order valence-corrected chi connectivity index (χ4v) is 5.69. The predicted molar refractivity (Wildman–Crippen MR) is 192 cm³/mol. The average Bonchev–Trinajstić information content (AvgIpc) is 2.99. The Hall–Kier alpha value is -1.35. The van der Waals surface area contributed by atoms with Crippen molar-refractivity contribution >= 4 is 5.97 Å². The summed E-state index contributed by atoms with van der Waals surface area (Å²) in [5.74, 6) is 0.495. The molecule has 2 atom stereocenters. The molecule has 0 aliphatic rings. The van der Waals surface area contributed by atoms with E-state index in [-0.39, 0.29) is 12.1 Å². The Morgan fingerprint density at radius 1 is 0.535 bits per heavy atom. The minimum absolute atomic E-state index is 0.0293. The van der Waals surface area contributed by atoms with E-state index in [0.29, 0.717) is 12.3 Å². The van der Waals surface area contributed by atoms with Crippen LogP contribution in [-0.2, 0) is 9.53 Å². The number of carbonyl (C=O) groups excluding carboxylic acids is 1. The molecule has 0 saturated carbocycles. The van der Waals surface area contributed by atoms with Crippen molar-refractivity contribution < 1.29 is 9.53 Å². The first-order chi connectivity index (χ1) is 21.0.